The Morgan fingerprint density at radius 3 is 1.44 bits per heavy atom. The van der Waals surface area contributed by atoms with Gasteiger partial charge in [0.1, 0.15) is 6.10 Å². The van der Waals surface area contributed by atoms with E-state index in [1.807, 2.05) is 113 Å². The first kappa shape index (κ1) is 87.5. The number of aliphatic hydroxyl groups is 1. The minimum absolute atomic E-state index is 0.166. The molecule has 0 saturated carbocycles. The maximum absolute atomic E-state index is 9.07. The van der Waals surface area contributed by atoms with Crippen LogP contribution in [0.25, 0.3) is 45.0 Å². The summed E-state index contributed by atoms with van der Waals surface area (Å²) in [5.74, 6) is 3.33. The molecule has 0 spiro atoms. The van der Waals surface area contributed by atoms with Crippen molar-refractivity contribution in [3.8, 4) is 50.9 Å². The summed E-state index contributed by atoms with van der Waals surface area (Å²) in [7, 11) is 2.14. The summed E-state index contributed by atoms with van der Waals surface area (Å²) in [6.07, 6.45) is 20.0. The van der Waals surface area contributed by atoms with Crippen molar-refractivity contribution in [3.63, 3.8) is 0 Å². The number of ether oxygens (including phenoxy) is 1. The number of rotatable bonds is 17. The monoisotopic (exact) mass is 1770 g/mol. The van der Waals surface area contributed by atoms with Gasteiger partial charge in [0.2, 0.25) is 29.7 Å². The van der Waals surface area contributed by atoms with Crippen molar-refractivity contribution in [2.24, 2.45) is 5.92 Å². The molecule has 0 amide bonds. The van der Waals surface area contributed by atoms with Crippen molar-refractivity contribution in [2.75, 3.05) is 100 Å². The Bertz CT molecular complexity index is 6030. The van der Waals surface area contributed by atoms with Crippen LogP contribution < -0.4 is 52.2 Å². The molecule has 0 unspecified atom stereocenters. The topological polar surface area (TPSA) is 290 Å². The standard InChI is InChI=1S/C24H26ClN7S.C24H25ClN6OS.C23H25N5S.C22H23N5OS/c1-3-31-6-7-32(14-15(31)2)19-10-18(12-26-13-19)28-24-27-11-16-8-22(33)29-21-9-17(25)4-5-20(21)23(16)30-24;1-14-19(5-6-21(27-14)32-17-7-9-31(2)10-8-17)29-24-26-13-15-11-22(33)28-20-12-16(25)3-4-18(20)23(15)30-24;1-13(2)9-17-6-8-19(15(4)25-17)27-23-24-12-16-11-21(29)26-20-10-14(3)5-7-18(20)22(16)28-23;1-13-5-6-17-19(8-13)25-20(29)10-16-12-24-22(27-21(16)17)26-18-9-15(4-3-7-28)11-23-14(18)2/h4-5,9-13,15H,3,6-8,14H2,1-2H3,(H,29,33)(H,27,28,30);3-6,12-13,17H,7-11H2,1-2H3,(H,28,33)(H,26,29,30);5-8,10,12-13H,9,11H2,1-4H3,(H,26,29)(H,24,27,28);5-6,8-9,11-12,28H,3-4,7,10H2,1-2H3,(H,25,29)(H,24,26,27)/t15-;;;/m1.../s1. The van der Waals surface area contributed by atoms with Crippen LogP contribution in [-0.2, 0) is 38.5 Å². The Morgan fingerprint density at radius 1 is 0.500 bits per heavy atom. The molecular formula is C93H99Cl2N23O2S4. The first-order valence-electron chi connectivity index (χ1n) is 41.7. The molecule has 124 heavy (non-hydrogen) atoms. The number of anilines is 13. The second-order valence-electron chi connectivity index (χ2n) is 32.2. The molecule has 1 atom stereocenters. The van der Waals surface area contributed by atoms with Crippen molar-refractivity contribution >= 4 is 167 Å². The summed E-state index contributed by atoms with van der Waals surface area (Å²) in [4.78, 5) is 65.9. The van der Waals surface area contributed by atoms with Crippen molar-refractivity contribution in [1.29, 1.82) is 0 Å². The Kier molecular flexibility index (Phi) is 28.0. The van der Waals surface area contributed by atoms with Gasteiger partial charge in [-0.05, 0) is 189 Å². The Balaban J connectivity index is 0.000000128. The summed E-state index contributed by atoms with van der Waals surface area (Å²) >= 11 is 34.3. The van der Waals surface area contributed by atoms with Crippen LogP contribution in [0.15, 0.2) is 153 Å². The number of halogens is 2. The van der Waals surface area contributed by atoms with Crippen molar-refractivity contribution in [3.05, 3.63) is 224 Å². The minimum atomic E-state index is 0.166. The number of likely N-dealkylation sites (tertiary alicyclic amines) is 1. The lowest BCUT2D eigenvalue weighted by atomic mass is 10.0. The van der Waals surface area contributed by atoms with E-state index in [1.165, 1.54) is 5.56 Å². The number of benzene rings is 4. The number of aliphatic hydroxyl groups excluding tert-OH is 1. The third-order valence-electron chi connectivity index (χ3n) is 22.1. The van der Waals surface area contributed by atoms with Gasteiger partial charge in [0.25, 0.3) is 0 Å². The fourth-order valence-electron chi connectivity index (χ4n) is 15.6. The van der Waals surface area contributed by atoms with E-state index in [1.54, 1.807) is 6.20 Å². The fourth-order valence-corrected chi connectivity index (χ4v) is 17.1. The number of thiocarbonyl (C=S) groups is 4. The van der Waals surface area contributed by atoms with Crippen molar-refractivity contribution in [1.82, 2.24) is 69.6 Å². The highest BCUT2D eigenvalue weighted by molar-refractivity contribution is 7.81. The van der Waals surface area contributed by atoms with Crippen LogP contribution >= 0.6 is 72.1 Å². The zero-order valence-corrected chi connectivity index (χ0v) is 75.7. The maximum Gasteiger partial charge on any atom is 0.227 e. The van der Waals surface area contributed by atoms with Crippen LogP contribution in [0, 0.1) is 40.5 Å². The van der Waals surface area contributed by atoms with E-state index in [-0.39, 0.29) is 12.7 Å². The van der Waals surface area contributed by atoms with Crippen LogP contribution in [0.3, 0.4) is 0 Å². The van der Waals surface area contributed by atoms with E-state index >= 15 is 0 Å². The van der Waals surface area contributed by atoms with Crippen LogP contribution in [-0.4, -0.2) is 160 Å². The fraction of sp³-hybridized carbons (Fsp3) is 0.312. The van der Waals surface area contributed by atoms with Gasteiger partial charge < -0.3 is 62.2 Å². The molecule has 31 heteroatoms. The number of hydrogen-bond donors (Lipinski definition) is 9. The number of piperazine rings is 1. The number of aromatic nitrogens is 12. The Morgan fingerprint density at radius 2 is 0.968 bits per heavy atom. The summed E-state index contributed by atoms with van der Waals surface area (Å²) in [6.45, 7) is 25.3. The van der Waals surface area contributed by atoms with Crippen LogP contribution in [0.4, 0.5) is 75.0 Å². The van der Waals surface area contributed by atoms with E-state index in [2.05, 4.69) is 195 Å². The quantitative estimate of drug-likeness (QED) is 0.0383. The second-order valence-corrected chi connectivity index (χ2v) is 35.1. The molecule has 0 aliphatic carbocycles. The zero-order valence-electron chi connectivity index (χ0n) is 70.9. The van der Waals surface area contributed by atoms with E-state index < -0.39 is 0 Å². The van der Waals surface area contributed by atoms with Gasteiger partial charge in [-0.25, -0.2) is 44.9 Å². The number of hydrogen-bond acceptors (Lipinski definition) is 25. The van der Waals surface area contributed by atoms with Gasteiger partial charge in [-0.15, -0.1) is 0 Å². The summed E-state index contributed by atoms with van der Waals surface area (Å²) in [5, 5.41) is 36.9. The number of nitrogens with one attached hydrogen (secondary N) is 8. The van der Waals surface area contributed by atoms with Gasteiger partial charge in [-0.3, -0.25) is 19.9 Å². The van der Waals surface area contributed by atoms with E-state index in [0.29, 0.717) is 88.8 Å². The number of nitrogens with zero attached hydrogens (tertiary/aromatic N) is 15. The van der Waals surface area contributed by atoms with Gasteiger partial charge in [-0.1, -0.05) is 117 Å². The molecule has 6 aliphatic heterocycles. The molecular weight excluding hydrogens is 1670 g/mol. The summed E-state index contributed by atoms with van der Waals surface area (Å²) < 4.78 is 6.11. The molecule has 8 aromatic heterocycles. The molecule has 14 heterocycles. The molecule has 6 aliphatic rings. The molecule has 2 fully saturated rings. The van der Waals surface area contributed by atoms with E-state index in [4.69, 9.17) is 107 Å². The molecule has 9 N–H and O–H groups in total. The average Bonchev–Trinajstić information content (AvgIpc) is 1.65. The molecule has 0 radical (unpaired) electrons. The number of aryl methyl sites for hydroxylation is 6. The number of likely N-dealkylation sites (N-methyl/N-ethyl adjacent to an activating group) is 1. The maximum atomic E-state index is 9.07. The molecule has 0 bridgehead atoms. The predicted molar refractivity (Wildman–Crippen MR) is 517 cm³/mol. The lowest BCUT2D eigenvalue weighted by Gasteiger charge is -2.40. The molecule has 4 aromatic carbocycles. The highest BCUT2D eigenvalue weighted by Gasteiger charge is 2.28. The number of piperidine rings is 1. The van der Waals surface area contributed by atoms with Gasteiger partial charge in [0, 0.05) is 191 Å². The highest BCUT2D eigenvalue weighted by Crippen LogP contribution is 2.41. The average molecular weight is 1770 g/mol. The third kappa shape index (κ3) is 21.9. The van der Waals surface area contributed by atoms with Gasteiger partial charge >= 0.3 is 0 Å². The first-order chi connectivity index (χ1) is 59.9. The van der Waals surface area contributed by atoms with Gasteiger partial charge in [-0.2, -0.15) is 0 Å². The van der Waals surface area contributed by atoms with Crippen LogP contribution in [0.5, 0.6) is 5.88 Å². The van der Waals surface area contributed by atoms with Crippen LogP contribution in [0.2, 0.25) is 10.0 Å². The zero-order chi connectivity index (χ0) is 86.8. The largest absolute Gasteiger partial charge is 0.474 e. The summed E-state index contributed by atoms with van der Waals surface area (Å²) in [5.41, 5.74) is 26.8. The Hall–Kier alpha value is -11.4. The molecule has 25 nitrogen and oxygen atoms in total. The van der Waals surface area contributed by atoms with Crippen molar-refractivity contribution < 1.29 is 9.84 Å². The highest BCUT2D eigenvalue weighted by atomic mass is 35.5. The van der Waals surface area contributed by atoms with Crippen molar-refractivity contribution in [2.45, 2.75) is 132 Å². The second kappa shape index (κ2) is 39.6. The lowest BCUT2D eigenvalue weighted by molar-refractivity contribution is 0.110. The third-order valence-corrected chi connectivity index (χ3v) is 23.5. The predicted octanol–water partition coefficient (Wildman–Crippen LogP) is 19.3. The lowest BCUT2D eigenvalue weighted by Crippen LogP contribution is -2.51. The Labute approximate surface area is 754 Å². The number of pyridine rings is 4. The van der Waals surface area contributed by atoms with E-state index in [0.717, 1.165) is 232 Å². The van der Waals surface area contributed by atoms with E-state index in [9.17, 15) is 0 Å². The first-order valence-corrected chi connectivity index (χ1v) is 44.1. The van der Waals surface area contributed by atoms with Gasteiger partial charge in [0.15, 0.2) is 0 Å². The molecule has 18 rings (SSSR count). The SMILES string of the molecule is CCN1CCN(c2cncc(Nc3ncc4c(n3)-c3ccc(Cl)cc3NC(=S)C4)c2)C[C@H]1C.Cc1ccc2c(c1)NC(=S)Cc1cnc(Nc3cc(CCCO)cnc3C)nc1-2.Cc1ccc2c(c1)NC(=S)Cc1cnc(Nc3ccc(CC(C)C)nc3C)nc1-2.Cc1nc(OC2CCN(C)CC2)ccc1Nc1ncc2c(n1)-c1ccc(Cl)cc1NC(=S)C2. The minimum Gasteiger partial charge on any atom is -0.474 e. The van der Waals surface area contributed by atoms with Crippen LogP contribution in [0.1, 0.15) is 109 Å². The molecule has 636 valence electrons. The molecule has 2 saturated heterocycles. The smallest absolute Gasteiger partial charge is 0.227 e. The number of fused-ring (bicyclic) bond motifs is 12. The normalized spacial score (nSPS) is 15.1. The van der Waals surface area contributed by atoms with Gasteiger partial charge in [0.05, 0.1) is 101 Å². The summed E-state index contributed by atoms with van der Waals surface area (Å²) in [6, 6.07) is 36.6. The molecule has 12 aromatic rings.